The van der Waals surface area contributed by atoms with Crippen LogP contribution in [0.1, 0.15) is 23.1 Å². The second-order valence-corrected chi connectivity index (χ2v) is 7.13. The Kier molecular flexibility index (Phi) is 4.90. The minimum atomic E-state index is -0.453. The standard InChI is InChI=1S/C19H19NO3S/c1-12-7-8-13(2)14(9-12)11-23-18(21)10-17-19(22)20-15-5-3-4-6-16(15)24-17/h3-9,17H,10-11H2,1-2H3,(H,20,22)/t17-/m1/s1. The number of carbonyl (C=O) groups excluding carboxylic acids is 2. The van der Waals surface area contributed by atoms with Gasteiger partial charge in [-0.15, -0.1) is 11.8 Å². The Balaban J connectivity index is 1.59. The maximum absolute atomic E-state index is 12.1. The van der Waals surface area contributed by atoms with Crippen LogP contribution in [0.25, 0.3) is 0 Å². The van der Waals surface area contributed by atoms with Gasteiger partial charge in [-0.05, 0) is 37.1 Å². The van der Waals surface area contributed by atoms with Gasteiger partial charge in [-0.25, -0.2) is 0 Å². The molecule has 4 nitrogen and oxygen atoms in total. The summed E-state index contributed by atoms with van der Waals surface area (Å²) in [6, 6.07) is 13.6. The van der Waals surface area contributed by atoms with E-state index >= 15 is 0 Å². The molecule has 5 heteroatoms. The Bertz CT molecular complexity index is 788. The molecule has 0 saturated carbocycles. The van der Waals surface area contributed by atoms with E-state index in [1.807, 2.05) is 56.3 Å². The van der Waals surface area contributed by atoms with Crippen LogP contribution >= 0.6 is 11.8 Å². The largest absolute Gasteiger partial charge is 0.461 e. The predicted octanol–water partition coefficient (Wildman–Crippen LogP) is 3.85. The van der Waals surface area contributed by atoms with Gasteiger partial charge in [0, 0.05) is 4.90 Å². The van der Waals surface area contributed by atoms with Crippen LogP contribution in [0.2, 0.25) is 0 Å². The summed E-state index contributed by atoms with van der Waals surface area (Å²) < 4.78 is 5.37. The lowest BCUT2D eigenvalue weighted by atomic mass is 10.1. The van der Waals surface area contributed by atoms with Crippen LogP contribution in [0, 0.1) is 13.8 Å². The number of anilines is 1. The quantitative estimate of drug-likeness (QED) is 0.858. The summed E-state index contributed by atoms with van der Waals surface area (Å²) in [4.78, 5) is 25.2. The number of para-hydroxylation sites is 1. The van der Waals surface area contributed by atoms with Gasteiger partial charge in [-0.2, -0.15) is 0 Å². The number of aryl methyl sites for hydroxylation is 2. The Morgan fingerprint density at radius 3 is 2.83 bits per heavy atom. The number of hydrogen-bond acceptors (Lipinski definition) is 4. The van der Waals surface area contributed by atoms with Crippen molar-refractivity contribution in [1.29, 1.82) is 0 Å². The number of ether oxygens (including phenoxy) is 1. The van der Waals surface area contributed by atoms with E-state index < -0.39 is 5.25 Å². The lowest BCUT2D eigenvalue weighted by molar-refractivity contribution is -0.145. The van der Waals surface area contributed by atoms with Gasteiger partial charge in [-0.1, -0.05) is 35.9 Å². The summed E-state index contributed by atoms with van der Waals surface area (Å²) in [5.41, 5.74) is 4.01. The maximum Gasteiger partial charge on any atom is 0.307 e. The molecule has 3 rings (SSSR count). The monoisotopic (exact) mass is 341 g/mol. The van der Waals surface area contributed by atoms with E-state index in [0.29, 0.717) is 0 Å². The number of amides is 1. The molecule has 1 heterocycles. The summed E-state index contributed by atoms with van der Waals surface area (Å²) in [5.74, 6) is -0.509. The molecule has 124 valence electrons. The van der Waals surface area contributed by atoms with Crippen molar-refractivity contribution in [2.24, 2.45) is 0 Å². The number of fused-ring (bicyclic) bond motifs is 1. The number of benzene rings is 2. The molecule has 1 atom stereocenters. The first kappa shape index (κ1) is 16.6. The summed E-state index contributed by atoms with van der Waals surface area (Å²) in [6.45, 7) is 4.23. The average Bonchev–Trinajstić information content (AvgIpc) is 2.56. The third-order valence-corrected chi connectivity index (χ3v) is 5.23. The van der Waals surface area contributed by atoms with Crippen molar-refractivity contribution in [3.63, 3.8) is 0 Å². The highest BCUT2D eigenvalue weighted by Gasteiger charge is 2.29. The number of esters is 1. The minimum absolute atomic E-state index is 0.0652. The van der Waals surface area contributed by atoms with Crippen LogP contribution in [0.5, 0.6) is 0 Å². The molecular weight excluding hydrogens is 322 g/mol. The van der Waals surface area contributed by atoms with Crippen LogP contribution in [0.4, 0.5) is 5.69 Å². The van der Waals surface area contributed by atoms with Crippen molar-refractivity contribution in [3.8, 4) is 0 Å². The lowest BCUT2D eigenvalue weighted by Gasteiger charge is -2.23. The van der Waals surface area contributed by atoms with E-state index in [-0.39, 0.29) is 24.9 Å². The molecule has 1 amide bonds. The van der Waals surface area contributed by atoms with Gasteiger partial charge in [0.2, 0.25) is 5.91 Å². The molecule has 0 saturated heterocycles. The van der Waals surface area contributed by atoms with E-state index in [2.05, 4.69) is 5.32 Å². The van der Waals surface area contributed by atoms with Crippen molar-refractivity contribution >= 4 is 29.3 Å². The molecule has 1 aliphatic heterocycles. The van der Waals surface area contributed by atoms with Crippen LogP contribution in [-0.4, -0.2) is 17.1 Å². The van der Waals surface area contributed by atoms with Gasteiger partial charge in [0.25, 0.3) is 0 Å². The Morgan fingerprint density at radius 1 is 1.21 bits per heavy atom. The van der Waals surface area contributed by atoms with Gasteiger partial charge in [-0.3, -0.25) is 9.59 Å². The molecule has 2 aromatic carbocycles. The molecule has 0 spiro atoms. The van der Waals surface area contributed by atoms with Crippen LogP contribution in [0.15, 0.2) is 47.4 Å². The molecule has 0 bridgehead atoms. The molecule has 1 N–H and O–H groups in total. The molecule has 1 aliphatic rings. The van der Waals surface area contributed by atoms with E-state index in [1.165, 1.54) is 11.8 Å². The fourth-order valence-corrected chi connectivity index (χ4v) is 3.65. The molecule has 0 fully saturated rings. The number of carbonyl (C=O) groups is 2. The van der Waals surface area contributed by atoms with Gasteiger partial charge in [0.05, 0.1) is 17.4 Å². The van der Waals surface area contributed by atoms with Crippen molar-refractivity contribution in [2.45, 2.75) is 37.0 Å². The highest BCUT2D eigenvalue weighted by molar-refractivity contribution is 8.01. The zero-order chi connectivity index (χ0) is 17.1. The summed E-state index contributed by atoms with van der Waals surface area (Å²) in [6.07, 6.45) is 0.0652. The normalized spacial score (nSPS) is 16.2. The first-order valence-corrected chi connectivity index (χ1v) is 8.69. The van der Waals surface area contributed by atoms with Crippen LogP contribution < -0.4 is 5.32 Å². The molecule has 24 heavy (non-hydrogen) atoms. The van der Waals surface area contributed by atoms with E-state index in [9.17, 15) is 9.59 Å². The molecular formula is C19H19NO3S. The minimum Gasteiger partial charge on any atom is -0.461 e. The molecule has 0 aliphatic carbocycles. The predicted molar refractivity (Wildman–Crippen MR) is 95.0 cm³/mol. The highest BCUT2D eigenvalue weighted by atomic mass is 32.2. The average molecular weight is 341 g/mol. The SMILES string of the molecule is Cc1ccc(C)c(COC(=O)C[C@H]2Sc3ccccc3NC2=O)c1. The molecule has 0 unspecified atom stereocenters. The first-order valence-electron chi connectivity index (χ1n) is 7.81. The van der Waals surface area contributed by atoms with Crippen molar-refractivity contribution in [2.75, 3.05) is 5.32 Å². The van der Waals surface area contributed by atoms with Gasteiger partial charge in [0.15, 0.2) is 0 Å². The van der Waals surface area contributed by atoms with Crippen LogP contribution in [0.3, 0.4) is 0 Å². The van der Waals surface area contributed by atoms with Crippen molar-refractivity contribution in [1.82, 2.24) is 0 Å². The molecule has 2 aromatic rings. The number of rotatable bonds is 4. The number of thioether (sulfide) groups is 1. The smallest absolute Gasteiger partial charge is 0.307 e. The third-order valence-electron chi connectivity index (χ3n) is 3.95. The fourth-order valence-electron chi connectivity index (χ4n) is 2.55. The third kappa shape index (κ3) is 3.79. The zero-order valence-electron chi connectivity index (χ0n) is 13.7. The zero-order valence-corrected chi connectivity index (χ0v) is 14.5. The summed E-state index contributed by atoms with van der Waals surface area (Å²) in [5, 5.41) is 2.39. The lowest BCUT2D eigenvalue weighted by Crippen LogP contribution is -2.31. The summed E-state index contributed by atoms with van der Waals surface area (Å²) in [7, 11) is 0. The Morgan fingerprint density at radius 2 is 2.00 bits per heavy atom. The van der Waals surface area contributed by atoms with E-state index in [4.69, 9.17) is 4.74 Å². The highest BCUT2D eigenvalue weighted by Crippen LogP contribution is 2.36. The van der Waals surface area contributed by atoms with Crippen LogP contribution in [-0.2, 0) is 20.9 Å². The van der Waals surface area contributed by atoms with Crippen molar-refractivity contribution in [3.05, 3.63) is 59.2 Å². The Labute approximate surface area is 145 Å². The fraction of sp³-hybridized carbons (Fsp3) is 0.263. The first-order chi connectivity index (χ1) is 11.5. The van der Waals surface area contributed by atoms with Gasteiger partial charge >= 0.3 is 5.97 Å². The van der Waals surface area contributed by atoms with Crippen molar-refractivity contribution < 1.29 is 14.3 Å². The number of nitrogens with one attached hydrogen (secondary N) is 1. The molecule has 0 aromatic heterocycles. The Hall–Kier alpha value is -2.27. The number of hydrogen-bond donors (Lipinski definition) is 1. The van der Waals surface area contributed by atoms with E-state index in [0.717, 1.165) is 27.3 Å². The van der Waals surface area contributed by atoms with Gasteiger partial charge in [0.1, 0.15) is 6.61 Å². The van der Waals surface area contributed by atoms with Gasteiger partial charge < -0.3 is 10.1 Å². The second-order valence-electron chi connectivity index (χ2n) is 5.89. The topological polar surface area (TPSA) is 55.4 Å². The van der Waals surface area contributed by atoms with E-state index in [1.54, 1.807) is 0 Å². The second kappa shape index (κ2) is 7.09. The molecule has 0 radical (unpaired) electrons. The maximum atomic E-state index is 12.1. The summed E-state index contributed by atoms with van der Waals surface area (Å²) >= 11 is 1.41.